The van der Waals surface area contributed by atoms with Gasteiger partial charge in [-0.15, -0.1) is 0 Å². The van der Waals surface area contributed by atoms with E-state index >= 15 is 0 Å². The SMILES string of the molecule is CCCCn1c(=O)[nH]c(=O)c2c1nc(COC(=O)Cc1coc3ccc4ccccc4c13)n2CC. The summed E-state index contributed by atoms with van der Waals surface area (Å²) in [7, 11) is 0. The third-order valence-electron chi connectivity index (χ3n) is 6.25. The van der Waals surface area contributed by atoms with Crippen LogP contribution in [0.5, 0.6) is 0 Å². The maximum absolute atomic E-state index is 12.8. The van der Waals surface area contributed by atoms with Gasteiger partial charge in [-0.05, 0) is 30.2 Å². The Hall–Kier alpha value is -4.14. The molecule has 180 valence electrons. The molecule has 0 unspecified atom stereocenters. The maximum Gasteiger partial charge on any atom is 0.330 e. The van der Waals surface area contributed by atoms with Crippen molar-refractivity contribution < 1.29 is 13.9 Å². The van der Waals surface area contributed by atoms with Gasteiger partial charge < -0.3 is 13.7 Å². The van der Waals surface area contributed by atoms with E-state index in [4.69, 9.17) is 9.15 Å². The van der Waals surface area contributed by atoms with Crippen LogP contribution in [0.4, 0.5) is 0 Å². The third-order valence-corrected chi connectivity index (χ3v) is 6.25. The Bertz CT molecular complexity index is 1670. The number of ether oxygens (including phenoxy) is 1. The summed E-state index contributed by atoms with van der Waals surface area (Å²) in [6.45, 7) is 4.67. The molecule has 9 heteroatoms. The number of furan rings is 1. The fraction of sp³-hybridized carbons (Fsp3) is 0.308. The van der Waals surface area contributed by atoms with Crippen LogP contribution in [0.1, 0.15) is 38.1 Å². The molecule has 0 bridgehead atoms. The standard InChI is InChI=1S/C26H26N4O5/c1-3-5-12-30-24-23(25(32)28-26(30)33)29(4-2)20(27-24)15-35-21(31)13-17-14-34-19-11-10-16-8-6-7-9-18(16)22(17)19/h6-11,14H,3-5,12-13,15H2,1-2H3,(H,28,32,33). The number of hydrogen-bond acceptors (Lipinski definition) is 6. The van der Waals surface area contributed by atoms with E-state index in [0.29, 0.717) is 35.7 Å². The van der Waals surface area contributed by atoms with Crippen LogP contribution in [0, 0.1) is 0 Å². The van der Waals surface area contributed by atoms with Gasteiger partial charge in [-0.25, -0.2) is 9.78 Å². The number of esters is 1. The Kier molecular flexibility index (Phi) is 5.98. The maximum atomic E-state index is 12.8. The summed E-state index contributed by atoms with van der Waals surface area (Å²) in [6, 6.07) is 11.8. The number of aromatic nitrogens is 4. The van der Waals surface area contributed by atoms with Crippen molar-refractivity contribution in [3.63, 3.8) is 0 Å². The van der Waals surface area contributed by atoms with Crippen molar-refractivity contribution in [1.82, 2.24) is 19.1 Å². The average molecular weight is 475 g/mol. The van der Waals surface area contributed by atoms with E-state index in [1.165, 1.54) is 4.57 Å². The van der Waals surface area contributed by atoms with Crippen LogP contribution in [0.25, 0.3) is 32.9 Å². The number of rotatable bonds is 8. The van der Waals surface area contributed by atoms with Crippen LogP contribution in [0.2, 0.25) is 0 Å². The van der Waals surface area contributed by atoms with Crippen molar-refractivity contribution >= 4 is 38.9 Å². The van der Waals surface area contributed by atoms with Crippen LogP contribution in [-0.2, 0) is 35.6 Å². The number of hydrogen-bond donors (Lipinski definition) is 1. The van der Waals surface area contributed by atoms with Crippen molar-refractivity contribution in [2.45, 2.75) is 52.8 Å². The van der Waals surface area contributed by atoms with Crippen molar-refractivity contribution in [3.05, 3.63) is 74.9 Å². The van der Waals surface area contributed by atoms with Gasteiger partial charge in [-0.2, -0.15) is 0 Å². The number of aromatic amines is 1. The van der Waals surface area contributed by atoms with E-state index in [-0.39, 0.29) is 13.0 Å². The predicted octanol–water partition coefficient (Wildman–Crippen LogP) is 3.89. The molecule has 0 atom stereocenters. The lowest BCUT2D eigenvalue weighted by atomic mass is 10.0. The highest BCUT2D eigenvalue weighted by Gasteiger charge is 2.20. The Labute approximate surface area is 199 Å². The minimum atomic E-state index is -0.499. The smallest absolute Gasteiger partial charge is 0.330 e. The second-order valence-corrected chi connectivity index (χ2v) is 8.47. The zero-order valence-electron chi connectivity index (χ0n) is 19.7. The molecule has 0 aliphatic heterocycles. The fourth-order valence-corrected chi connectivity index (χ4v) is 4.55. The molecule has 0 aliphatic carbocycles. The monoisotopic (exact) mass is 474 g/mol. The molecule has 0 saturated heterocycles. The van der Waals surface area contributed by atoms with Crippen molar-refractivity contribution in [2.24, 2.45) is 0 Å². The van der Waals surface area contributed by atoms with Crippen LogP contribution in [0.15, 0.2) is 56.7 Å². The summed E-state index contributed by atoms with van der Waals surface area (Å²) in [4.78, 5) is 44.6. The molecule has 0 aliphatic rings. The second kappa shape index (κ2) is 9.25. The molecule has 0 amide bonds. The molecular weight excluding hydrogens is 448 g/mol. The quantitative estimate of drug-likeness (QED) is 0.342. The first-order valence-electron chi connectivity index (χ1n) is 11.8. The van der Waals surface area contributed by atoms with Crippen LogP contribution < -0.4 is 11.2 Å². The zero-order chi connectivity index (χ0) is 24.5. The fourth-order valence-electron chi connectivity index (χ4n) is 4.55. The molecule has 0 radical (unpaired) electrons. The van der Waals surface area contributed by atoms with Gasteiger partial charge in [0.1, 0.15) is 18.0 Å². The molecule has 5 rings (SSSR count). The van der Waals surface area contributed by atoms with Crippen molar-refractivity contribution in [3.8, 4) is 0 Å². The number of nitrogens with zero attached hydrogens (tertiary/aromatic N) is 3. The zero-order valence-corrected chi connectivity index (χ0v) is 19.7. The van der Waals surface area contributed by atoms with E-state index in [1.807, 2.05) is 50.2 Å². The van der Waals surface area contributed by atoms with E-state index in [0.717, 1.165) is 34.6 Å². The molecular formula is C26H26N4O5. The summed E-state index contributed by atoms with van der Waals surface area (Å²) < 4.78 is 14.4. The van der Waals surface area contributed by atoms with Gasteiger partial charge in [0.25, 0.3) is 5.56 Å². The van der Waals surface area contributed by atoms with Gasteiger partial charge in [-0.3, -0.25) is 19.1 Å². The Balaban J connectivity index is 1.42. The largest absolute Gasteiger partial charge is 0.464 e. The minimum absolute atomic E-state index is 0.0369. The average Bonchev–Trinajstić information content (AvgIpc) is 3.44. The summed E-state index contributed by atoms with van der Waals surface area (Å²) in [5.74, 6) is -0.0210. The first-order valence-corrected chi connectivity index (χ1v) is 11.8. The predicted molar refractivity (Wildman–Crippen MR) is 132 cm³/mol. The van der Waals surface area contributed by atoms with Gasteiger partial charge in [0.05, 0.1) is 12.7 Å². The van der Waals surface area contributed by atoms with Gasteiger partial charge in [0, 0.05) is 24.0 Å². The molecule has 3 aromatic heterocycles. The Morgan fingerprint density at radius 1 is 1.11 bits per heavy atom. The molecule has 1 N–H and O–H groups in total. The van der Waals surface area contributed by atoms with Gasteiger partial charge in [0.2, 0.25) is 0 Å². The van der Waals surface area contributed by atoms with Crippen LogP contribution >= 0.6 is 0 Å². The van der Waals surface area contributed by atoms with Gasteiger partial charge in [-0.1, -0.05) is 43.7 Å². The molecule has 5 aromatic rings. The van der Waals surface area contributed by atoms with E-state index in [9.17, 15) is 14.4 Å². The van der Waals surface area contributed by atoms with Crippen molar-refractivity contribution in [1.29, 1.82) is 0 Å². The topological polar surface area (TPSA) is 112 Å². The summed E-state index contributed by atoms with van der Waals surface area (Å²) in [5.41, 5.74) is 1.09. The Morgan fingerprint density at radius 2 is 1.94 bits per heavy atom. The number of aryl methyl sites for hydroxylation is 2. The Morgan fingerprint density at radius 3 is 2.74 bits per heavy atom. The minimum Gasteiger partial charge on any atom is -0.464 e. The van der Waals surface area contributed by atoms with Crippen molar-refractivity contribution in [2.75, 3.05) is 0 Å². The first kappa shape index (κ1) is 22.6. The number of nitrogens with one attached hydrogen (secondary N) is 1. The number of imidazole rings is 1. The van der Waals surface area contributed by atoms with Crippen LogP contribution in [0.3, 0.4) is 0 Å². The summed E-state index contributed by atoms with van der Waals surface area (Å²) in [6.07, 6.45) is 3.29. The molecule has 0 saturated carbocycles. The van der Waals surface area contributed by atoms with E-state index in [1.54, 1.807) is 10.8 Å². The number of benzene rings is 2. The molecule has 35 heavy (non-hydrogen) atoms. The van der Waals surface area contributed by atoms with E-state index in [2.05, 4.69) is 9.97 Å². The van der Waals surface area contributed by atoms with E-state index < -0.39 is 17.2 Å². The number of carbonyl (C=O) groups excluding carboxylic acids is 1. The van der Waals surface area contributed by atoms with Crippen LogP contribution in [-0.4, -0.2) is 25.1 Å². The highest BCUT2D eigenvalue weighted by atomic mass is 16.5. The highest BCUT2D eigenvalue weighted by molar-refractivity contribution is 6.08. The summed E-state index contributed by atoms with van der Waals surface area (Å²) in [5, 5.41) is 2.97. The number of carbonyl (C=O) groups is 1. The number of unbranched alkanes of at least 4 members (excludes halogenated alkanes) is 1. The lowest BCUT2D eigenvalue weighted by Crippen LogP contribution is -2.31. The molecule has 0 spiro atoms. The number of H-pyrrole nitrogens is 1. The summed E-state index contributed by atoms with van der Waals surface area (Å²) >= 11 is 0. The highest BCUT2D eigenvalue weighted by Crippen LogP contribution is 2.30. The van der Waals surface area contributed by atoms with Gasteiger partial charge >= 0.3 is 11.7 Å². The lowest BCUT2D eigenvalue weighted by Gasteiger charge is -2.07. The first-order chi connectivity index (χ1) is 17.0. The number of fused-ring (bicyclic) bond motifs is 4. The lowest BCUT2D eigenvalue weighted by molar-refractivity contribution is -0.144. The molecule has 3 heterocycles. The normalized spacial score (nSPS) is 11.6. The second-order valence-electron chi connectivity index (χ2n) is 8.47. The molecule has 0 fully saturated rings. The molecule has 9 nitrogen and oxygen atoms in total. The van der Waals surface area contributed by atoms with Gasteiger partial charge in [0.15, 0.2) is 11.2 Å². The third kappa shape index (κ3) is 4.03. The molecule has 2 aromatic carbocycles.